The largest absolute Gasteiger partial charge is 0.362 e. The summed E-state index contributed by atoms with van der Waals surface area (Å²) < 4.78 is 0. The van der Waals surface area contributed by atoms with Gasteiger partial charge in [-0.15, -0.1) is 11.3 Å². The van der Waals surface area contributed by atoms with Gasteiger partial charge >= 0.3 is 0 Å². The third kappa shape index (κ3) is 4.43. The molecule has 2 heterocycles. The highest BCUT2D eigenvalue weighted by Crippen LogP contribution is 2.30. The van der Waals surface area contributed by atoms with Crippen molar-refractivity contribution in [3.05, 3.63) is 56.3 Å². The van der Waals surface area contributed by atoms with Gasteiger partial charge in [0.05, 0.1) is 11.5 Å². The van der Waals surface area contributed by atoms with Gasteiger partial charge in [0.15, 0.2) is 0 Å². The first-order valence-corrected chi connectivity index (χ1v) is 9.43. The quantitative estimate of drug-likeness (QED) is 0.626. The van der Waals surface area contributed by atoms with Crippen LogP contribution in [-0.4, -0.2) is 47.8 Å². The molecule has 1 aliphatic rings. The van der Waals surface area contributed by atoms with Crippen molar-refractivity contribution in [2.24, 2.45) is 0 Å². The van der Waals surface area contributed by atoms with E-state index in [-0.39, 0.29) is 23.1 Å². The lowest BCUT2D eigenvalue weighted by molar-refractivity contribution is -0.384. The van der Waals surface area contributed by atoms with E-state index in [1.165, 1.54) is 24.3 Å². The lowest BCUT2D eigenvalue weighted by Crippen LogP contribution is -2.48. The van der Waals surface area contributed by atoms with Crippen molar-refractivity contribution < 1.29 is 14.5 Å². The Balaban J connectivity index is 1.74. The van der Waals surface area contributed by atoms with E-state index in [1.807, 2.05) is 22.4 Å². The SMILES string of the molecule is CC(=O)N1CCN(c2ccc(C(=O)NCc3cccs3)cc2[N+](=O)[O-])CC1. The molecule has 1 N–H and O–H groups in total. The second-order valence-corrected chi connectivity index (χ2v) is 7.25. The first-order valence-electron chi connectivity index (χ1n) is 8.55. The van der Waals surface area contributed by atoms with Gasteiger partial charge < -0.3 is 15.1 Å². The van der Waals surface area contributed by atoms with Crippen molar-refractivity contribution in [1.29, 1.82) is 0 Å². The summed E-state index contributed by atoms with van der Waals surface area (Å²) >= 11 is 1.53. The van der Waals surface area contributed by atoms with Gasteiger partial charge in [0.1, 0.15) is 5.69 Å². The Morgan fingerprint density at radius 2 is 1.96 bits per heavy atom. The van der Waals surface area contributed by atoms with Gasteiger partial charge in [0.2, 0.25) is 5.91 Å². The number of hydrogen-bond acceptors (Lipinski definition) is 6. The Hall–Kier alpha value is -2.94. The molecule has 2 aromatic rings. The maximum Gasteiger partial charge on any atom is 0.293 e. The molecule has 1 aliphatic heterocycles. The maximum absolute atomic E-state index is 12.3. The summed E-state index contributed by atoms with van der Waals surface area (Å²) in [5, 5.41) is 16.2. The zero-order chi connectivity index (χ0) is 19.4. The maximum atomic E-state index is 12.3. The normalized spacial score (nSPS) is 14.1. The van der Waals surface area contributed by atoms with Crippen LogP contribution in [0.25, 0.3) is 0 Å². The zero-order valence-corrected chi connectivity index (χ0v) is 15.7. The van der Waals surface area contributed by atoms with Crippen LogP contribution in [0, 0.1) is 10.1 Å². The van der Waals surface area contributed by atoms with Crippen LogP contribution in [0.2, 0.25) is 0 Å². The van der Waals surface area contributed by atoms with E-state index in [9.17, 15) is 19.7 Å². The Labute approximate surface area is 160 Å². The minimum Gasteiger partial charge on any atom is -0.362 e. The minimum atomic E-state index is -0.470. The molecule has 8 nitrogen and oxygen atoms in total. The van der Waals surface area contributed by atoms with Crippen molar-refractivity contribution in [1.82, 2.24) is 10.2 Å². The van der Waals surface area contributed by atoms with Crippen molar-refractivity contribution in [2.75, 3.05) is 31.1 Å². The standard InChI is InChI=1S/C18H20N4O4S/c1-13(23)20-6-8-21(9-7-20)16-5-4-14(11-17(16)22(25)26)18(24)19-12-15-3-2-10-27-15/h2-5,10-11H,6-9,12H2,1H3,(H,19,24). The van der Waals surface area contributed by atoms with Gasteiger partial charge in [-0.05, 0) is 23.6 Å². The number of anilines is 1. The molecular formula is C18H20N4O4S. The molecule has 0 spiro atoms. The zero-order valence-electron chi connectivity index (χ0n) is 14.9. The summed E-state index contributed by atoms with van der Waals surface area (Å²) in [6, 6.07) is 8.34. The van der Waals surface area contributed by atoms with Crippen LogP contribution in [-0.2, 0) is 11.3 Å². The van der Waals surface area contributed by atoms with Gasteiger partial charge in [-0.2, -0.15) is 0 Å². The molecule has 9 heteroatoms. The number of nitro benzene ring substituents is 1. The van der Waals surface area contributed by atoms with Crippen molar-refractivity contribution in [3.63, 3.8) is 0 Å². The molecule has 1 aromatic heterocycles. The molecule has 27 heavy (non-hydrogen) atoms. The lowest BCUT2D eigenvalue weighted by Gasteiger charge is -2.35. The smallest absolute Gasteiger partial charge is 0.293 e. The molecule has 1 aromatic carbocycles. The number of piperazine rings is 1. The fourth-order valence-corrected chi connectivity index (χ4v) is 3.67. The topological polar surface area (TPSA) is 95.8 Å². The number of hydrogen-bond donors (Lipinski definition) is 1. The number of nitrogens with zero attached hydrogens (tertiary/aromatic N) is 3. The van der Waals surface area contributed by atoms with Crippen LogP contribution in [0.1, 0.15) is 22.2 Å². The first kappa shape index (κ1) is 18.8. The van der Waals surface area contributed by atoms with Gasteiger partial charge in [0.25, 0.3) is 11.6 Å². The average molecular weight is 388 g/mol. The van der Waals surface area contributed by atoms with E-state index in [0.29, 0.717) is 38.4 Å². The molecule has 1 fully saturated rings. The highest BCUT2D eigenvalue weighted by atomic mass is 32.1. The molecule has 0 bridgehead atoms. The molecular weight excluding hydrogens is 368 g/mol. The number of carbonyl (C=O) groups excluding carboxylic acids is 2. The summed E-state index contributed by atoms with van der Waals surface area (Å²) in [5.41, 5.74) is 0.623. The summed E-state index contributed by atoms with van der Waals surface area (Å²) in [6.07, 6.45) is 0. The third-order valence-corrected chi connectivity index (χ3v) is 5.38. The lowest BCUT2D eigenvalue weighted by atomic mass is 10.1. The van der Waals surface area contributed by atoms with Gasteiger partial charge in [-0.3, -0.25) is 19.7 Å². The van der Waals surface area contributed by atoms with Crippen molar-refractivity contribution in [2.45, 2.75) is 13.5 Å². The number of carbonyl (C=O) groups is 2. The van der Waals surface area contributed by atoms with Crippen LogP contribution in [0.4, 0.5) is 11.4 Å². The van der Waals surface area contributed by atoms with Crippen LogP contribution in [0.3, 0.4) is 0 Å². The first-order chi connectivity index (χ1) is 13.0. The van der Waals surface area contributed by atoms with Crippen LogP contribution in [0.5, 0.6) is 0 Å². The minimum absolute atomic E-state index is 0.00177. The molecule has 0 atom stereocenters. The number of rotatable bonds is 5. The Morgan fingerprint density at radius 3 is 2.56 bits per heavy atom. The van der Waals surface area contributed by atoms with Gasteiger partial charge in [0, 0.05) is 49.6 Å². The number of benzene rings is 1. The Bertz CT molecular complexity index is 845. The third-order valence-electron chi connectivity index (χ3n) is 4.50. The summed E-state index contributed by atoms with van der Waals surface area (Å²) in [6.45, 7) is 3.99. The number of nitrogens with one attached hydrogen (secondary N) is 1. The van der Waals surface area contributed by atoms with E-state index < -0.39 is 4.92 Å². The van der Waals surface area contributed by atoms with Gasteiger partial charge in [-0.25, -0.2) is 0 Å². The fraction of sp³-hybridized carbons (Fsp3) is 0.333. The molecule has 0 aliphatic carbocycles. The number of nitro groups is 1. The molecule has 3 rings (SSSR count). The fourth-order valence-electron chi connectivity index (χ4n) is 3.02. The van der Waals surface area contributed by atoms with Crippen molar-refractivity contribution in [3.8, 4) is 0 Å². The van der Waals surface area contributed by atoms with E-state index in [4.69, 9.17) is 0 Å². The number of thiophene rings is 1. The van der Waals surface area contributed by atoms with Gasteiger partial charge in [-0.1, -0.05) is 6.07 Å². The average Bonchev–Trinajstić information content (AvgIpc) is 3.19. The molecule has 0 radical (unpaired) electrons. The second-order valence-electron chi connectivity index (χ2n) is 6.22. The summed E-state index contributed by atoms with van der Waals surface area (Å²) in [5.74, 6) is -0.346. The predicted molar refractivity (Wildman–Crippen MR) is 103 cm³/mol. The highest BCUT2D eigenvalue weighted by Gasteiger charge is 2.25. The molecule has 142 valence electrons. The second kappa shape index (κ2) is 8.17. The van der Waals surface area contributed by atoms with Crippen molar-refractivity contribution >= 4 is 34.5 Å². The van der Waals surface area contributed by atoms with E-state index in [0.717, 1.165) is 4.88 Å². The highest BCUT2D eigenvalue weighted by molar-refractivity contribution is 7.09. The molecule has 1 saturated heterocycles. The van der Waals surface area contributed by atoms with Crippen LogP contribution in [0.15, 0.2) is 35.7 Å². The van der Waals surface area contributed by atoms with E-state index >= 15 is 0 Å². The molecule has 0 unspecified atom stereocenters. The van der Waals surface area contributed by atoms with E-state index in [1.54, 1.807) is 17.0 Å². The number of amides is 2. The Morgan fingerprint density at radius 1 is 1.22 bits per heavy atom. The van der Waals surface area contributed by atoms with Crippen LogP contribution < -0.4 is 10.2 Å². The van der Waals surface area contributed by atoms with Crippen LogP contribution >= 0.6 is 11.3 Å². The predicted octanol–water partition coefficient (Wildman–Crippen LogP) is 2.25. The Kier molecular flexibility index (Phi) is 5.70. The van der Waals surface area contributed by atoms with E-state index in [2.05, 4.69) is 5.32 Å². The molecule has 0 saturated carbocycles. The summed E-state index contributed by atoms with van der Waals surface area (Å²) in [7, 11) is 0. The monoisotopic (exact) mass is 388 g/mol. The molecule has 2 amide bonds. The summed E-state index contributed by atoms with van der Waals surface area (Å²) in [4.78, 5) is 39.5.